The standard InChI is InChI=1S/C10H13NO/c1-2-9(11)10(12)8-6-4-3-5-7-8/h3-7,9H,2,11H2,1H3/t9-/m1/s1. The maximum Gasteiger partial charge on any atom is 0.179 e. The highest BCUT2D eigenvalue weighted by Gasteiger charge is 2.12. The van der Waals surface area contributed by atoms with Crippen LogP contribution in [-0.4, -0.2) is 11.8 Å². The van der Waals surface area contributed by atoms with Crippen LogP contribution >= 0.6 is 0 Å². The van der Waals surface area contributed by atoms with Crippen molar-refractivity contribution in [3.8, 4) is 0 Å². The van der Waals surface area contributed by atoms with Gasteiger partial charge < -0.3 is 5.73 Å². The van der Waals surface area contributed by atoms with Crippen molar-refractivity contribution in [3.05, 3.63) is 35.9 Å². The summed E-state index contributed by atoms with van der Waals surface area (Å²) >= 11 is 0. The number of hydrogen-bond donors (Lipinski definition) is 1. The van der Waals surface area contributed by atoms with Gasteiger partial charge in [0.2, 0.25) is 0 Å². The van der Waals surface area contributed by atoms with E-state index in [4.69, 9.17) is 5.73 Å². The summed E-state index contributed by atoms with van der Waals surface area (Å²) in [4.78, 5) is 11.5. The summed E-state index contributed by atoms with van der Waals surface area (Å²) in [7, 11) is 0. The molecule has 1 aromatic rings. The number of carbonyl (C=O) groups is 1. The lowest BCUT2D eigenvalue weighted by molar-refractivity contribution is 0.0959. The van der Waals surface area contributed by atoms with Crippen molar-refractivity contribution in [2.75, 3.05) is 0 Å². The third kappa shape index (κ3) is 1.92. The third-order valence-electron chi connectivity index (χ3n) is 1.83. The van der Waals surface area contributed by atoms with Crippen LogP contribution in [0, 0.1) is 0 Å². The molecule has 2 nitrogen and oxygen atoms in total. The molecular formula is C10H13NO. The van der Waals surface area contributed by atoms with E-state index in [2.05, 4.69) is 0 Å². The van der Waals surface area contributed by atoms with Gasteiger partial charge in [0.25, 0.3) is 0 Å². The molecule has 0 bridgehead atoms. The monoisotopic (exact) mass is 163 g/mol. The highest BCUT2D eigenvalue weighted by molar-refractivity contribution is 5.99. The van der Waals surface area contributed by atoms with Crippen LogP contribution in [-0.2, 0) is 0 Å². The van der Waals surface area contributed by atoms with Crippen LogP contribution in [0.4, 0.5) is 0 Å². The molecule has 0 unspecified atom stereocenters. The Morgan fingerprint density at radius 1 is 1.42 bits per heavy atom. The predicted octanol–water partition coefficient (Wildman–Crippen LogP) is 1.61. The summed E-state index contributed by atoms with van der Waals surface area (Å²) in [5, 5.41) is 0. The van der Waals surface area contributed by atoms with Crippen molar-refractivity contribution in [1.82, 2.24) is 0 Å². The van der Waals surface area contributed by atoms with E-state index in [1.807, 2.05) is 25.1 Å². The number of hydrogen-bond acceptors (Lipinski definition) is 2. The third-order valence-corrected chi connectivity index (χ3v) is 1.83. The lowest BCUT2D eigenvalue weighted by Crippen LogP contribution is -2.29. The van der Waals surface area contributed by atoms with Crippen LogP contribution < -0.4 is 5.73 Å². The predicted molar refractivity (Wildman–Crippen MR) is 49.0 cm³/mol. The number of carbonyl (C=O) groups excluding carboxylic acids is 1. The smallest absolute Gasteiger partial charge is 0.179 e. The van der Waals surface area contributed by atoms with Gasteiger partial charge in [-0.1, -0.05) is 37.3 Å². The zero-order valence-electron chi connectivity index (χ0n) is 7.16. The summed E-state index contributed by atoms with van der Waals surface area (Å²) in [5.74, 6) is 0.0260. The van der Waals surface area contributed by atoms with E-state index in [9.17, 15) is 4.79 Å². The fourth-order valence-electron chi connectivity index (χ4n) is 1.00. The van der Waals surface area contributed by atoms with Crippen LogP contribution in [0.15, 0.2) is 30.3 Å². The van der Waals surface area contributed by atoms with E-state index < -0.39 is 0 Å². The first-order chi connectivity index (χ1) is 5.75. The second-order valence-corrected chi connectivity index (χ2v) is 2.75. The average Bonchev–Trinajstić information content (AvgIpc) is 2.17. The highest BCUT2D eigenvalue weighted by Crippen LogP contribution is 2.03. The summed E-state index contributed by atoms with van der Waals surface area (Å²) in [6.45, 7) is 1.91. The lowest BCUT2D eigenvalue weighted by Gasteiger charge is -2.06. The van der Waals surface area contributed by atoms with Gasteiger partial charge in [-0.15, -0.1) is 0 Å². The Labute approximate surface area is 72.4 Å². The van der Waals surface area contributed by atoms with Crippen LogP contribution in [0.5, 0.6) is 0 Å². The van der Waals surface area contributed by atoms with Crippen LogP contribution in [0.2, 0.25) is 0 Å². The lowest BCUT2D eigenvalue weighted by atomic mass is 10.0. The fourth-order valence-corrected chi connectivity index (χ4v) is 1.00. The molecule has 0 aliphatic heterocycles. The Morgan fingerprint density at radius 2 is 2.00 bits per heavy atom. The van der Waals surface area contributed by atoms with Gasteiger partial charge in [-0.05, 0) is 6.42 Å². The molecule has 0 saturated carbocycles. The molecule has 1 aromatic carbocycles. The summed E-state index contributed by atoms with van der Waals surface area (Å²) < 4.78 is 0. The Kier molecular flexibility index (Phi) is 3.00. The number of Topliss-reactive ketones (excluding diaryl/α,β-unsaturated/α-hetero) is 1. The number of rotatable bonds is 3. The molecular weight excluding hydrogens is 150 g/mol. The van der Waals surface area contributed by atoms with Gasteiger partial charge in [0, 0.05) is 5.56 Å². The number of benzene rings is 1. The molecule has 0 fully saturated rings. The zero-order chi connectivity index (χ0) is 8.97. The molecule has 0 aromatic heterocycles. The molecule has 64 valence electrons. The first-order valence-corrected chi connectivity index (χ1v) is 4.10. The Bertz CT molecular complexity index is 256. The van der Waals surface area contributed by atoms with E-state index in [1.54, 1.807) is 12.1 Å². The van der Waals surface area contributed by atoms with Crippen molar-refractivity contribution >= 4 is 5.78 Å². The molecule has 0 radical (unpaired) electrons. The number of ketones is 1. The molecule has 0 saturated heterocycles. The van der Waals surface area contributed by atoms with E-state index in [0.717, 1.165) is 0 Å². The second-order valence-electron chi connectivity index (χ2n) is 2.75. The van der Waals surface area contributed by atoms with Crippen molar-refractivity contribution < 1.29 is 4.79 Å². The van der Waals surface area contributed by atoms with Crippen molar-refractivity contribution in [1.29, 1.82) is 0 Å². The molecule has 2 N–H and O–H groups in total. The minimum absolute atomic E-state index is 0.0260. The Balaban J connectivity index is 2.79. The van der Waals surface area contributed by atoms with Crippen molar-refractivity contribution in [2.45, 2.75) is 19.4 Å². The fraction of sp³-hybridized carbons (Fsp3) is 0.300. The summed E-state index contributed by atoms with van der Waals surface area (Å²) in [6, 6.07) is 8.79. The maximum atomic E-state index is 11.5. The highest BCUT2D eigenvalue weighted by atomic mass is 16.1. The molecule has 0 amide bonds. The first kappa shape index (κ1) is 8.94. The Morgan fingerprint density at radius 3 is 2.50 bits per heavy atom. The number of nitrogens with two attached hydrogens (primary N) is 1. The average molecular weight is 163 g/mol. The Hall–Kier alpha value is -1.15. The largest absolute Gasteiger partial charge is 0.321 e. The topological polar surface area (TPSA) is 43.1 Å². The van der Waals surface area contributed by atoms with Crippen molar-refractivity contribution in [2.24, 2.45) is 5.73 Å². The molecule has 1 rings (SSSR count). The van der Waals surface area contributed by atoms with Crippen LogP contribution in [0.1, 0.15) is 23.7 Å². The molecule has 0 aliphatic carbocycles. The SMILES string of the molecule is CC[C@@H](N)C(=O)c1ccccc1. The van der Waals surface area contributed by atoms with Crippen LogP contribution in [0.3, 0.4) is 0 Å². The molecule has 1 atom stereocenters. The second kappa shape index (κ2) is 4.02. The quantitative estimate of drug-likeness (QED) is 0.688. The first-order valence-electron chi connectivity index (χ1n) is 4.10. The van der Waals surface area contributed by atoms with Gasteiger partial charge in [-0.25, -0.2) is 0 Å². The van der Waals surface area contributed by atoms with E-state index >= 15 is 0 Å². The van der Waals surface area contributed by atoms with E-state index in [-0.39, 0.29) is 11.8 Å². The van der Waals surface area contributed by atoms with Crippen LogP contribution in [0.25, 0.3) is 0 Å². The van der Waals surface area contributed by atoms with Gasteiger partial charge in [-0.2, -0.15) is 0 Å². The van der Waals surface area contributed by atoms with Gasteiger partial charge in [0.15, 0.2) is 5.78 Å². The van der Waals surface area contributed by atoms with Crippen molar-refractivity contribution in [3.63, 3.8) is 0 Å². The van der Waals surface area contributed by atoms with Gasteiger partial charge in [-0.3, -0.25) is 4.79 Å². The molecule has 0 heterocycles. The summed E-state index contributed by atoms with van der Waals surface area (Å²) in [6.07, 6.45) is 0.688. The minimum Gasteiger partial charge on any atom is -0.321 e. The van der Waals surface area contributed by atoms with Gasteiger partial charge in [0.1, 0.15) is 0 Å². The molecule has 0 spiro atoms. The van der Waals surface area contributed by atoms with Gasteiger partial charge >= 0.3 is 0 Å². The maximum absolute atomic E-state index is 11.5. The summed E-state index contributed by atoms with van der Waals surface area (Å²) in [5.41, 5.74) is 6.30. The van der Waals surface area contributed by atoms with E-state index in [1.165, 1.54) is 0 Å². The molecule has 2 heteroatoms. The normalized spacial score (nSPS) is 12.5. The zero-order valence-corrected chi connectivity index (χ0v) is 7.16. The minimum atomic E-state index is -0.354. The van der Waals surface area contributed by atoms with E-state index in [0.29, 0.717) is 12.0 Å². The molecule has 12 heavy (non-hydrogen) atoms. The molecule has 0 aliphatic rings. The van der Waals surface area contributed by atoms with Gasteiger partial charge in [0.05, 0.1) is 6.04 Å².